The van der Waals surface area contributed by atoms with Crippen molar-refractivity contribution in [3.8, 4) is 5.75 Å². The molecule has 0 saturated carbocycles. The number of aryl methyl sites for hydroxylation is 1. The second-order valence-corrected chi connectivity index (χ2v) is 5.66. The smallest absolute Gasteiger partial charge is 0.336 e. The number of ether oxygens (including phenoxy) is 1. The lowest BCUT2D eigenvalue weighted by Gasteiger charge is -2.12. The number of rotatable bonds is 7. The van der Waals surface area contributed by atoms with Crippen LogP contribution in [0.25, 0.3) is 11.0 Å². The van der Waals surface area contributed by atoms with Crippen LogP contribution in [0.15, 0.2) is 33.5 Å². The average Bonchev–Trinajstić information content (AvgIpc) is 2.52. The first-order valence-electron chi connectivity index (χ1n) is 8.02. The minimum Gasteiger partial charge on any atom is -0.484 e. The second-order valence-electron chi connectivity index (χ2n) is 5.66. The van der Waals surface area contributed by atoms with E-state index in [0.29, 0.717) is 11.3 Å². The van der Waals surface area contributed by atoms with Gasteiger partial charge in [0.25, 0.3) is 5.91 Å². The number of carbonyl (C=O) groups is 1. The van der Waals surface area contributed by atoms with Crippen LogP contribution in [0.2, 0.25) is 0 Å². The van der Waals surface area contributed by atoms with Gasteiger partial charge < -0.3 is 14.5 Å². The first-order valence-corrected chi connectivity index (χ1v) is 8.02. The van der Waals surface area contributed by atoms with Crippen molar-refractivity contribution < 1.29 is 13.9 Å². The molecule has 0 aliphatic rings. The Kier molecular flexibility index (Phi) is 5.79. The number of amides is 1. The average molecular weight is 317 g/mol. The zero-order valence-corrected chi connectivity index (χ0v) is 13.8. The van der Waals surface area contributed by atoms with Crippen LogP contribution in [-0.2, 0) is 11.2 Å². The summed E-state index contributed by atoms with van der Waals surface area (Å²) in [7, 11) is 0. The molecule has 2 aromatic rings. The van der Waals surface area contributed by atoms with Crippen molar-refractivity contribution in [2.45, 2.75) is 46.1 Å². The highest BCUT2D eigenvalue weighted by molar-refractivity contribution is 5.82. The van der Waals surface area contributed by atoms with Crippen LogP contribution in [0.4, 0.5) is 0 Å². The normalized spacial score (nSPS) is 12.1. The van der Waals surface area contributed by atoms with Crippen LogP contribution in [0.1, 0.15) is 39.2 Å². The zero-order chi connectivity index (χ0) is 16.8. The zero-order valence-electron chi connectivity index (χ0n) is 13.8. The van der Waals surface area contributed by atoms with Gasteiger partial charge in [-0.3, -0.25) is 4.79 Å². The Labute approximate surface area is 135 Å². The van der Waals surface area contributed by atoms with Gasteiger partial charge in [-0.2, -0.15) is 0 Å². The number of nitrogens with one attached hydrogen (secondary N) is 1. The molecule has 0 spiro atoms. The van der Waals surface area contributed by atoms with Gasteiger partial charge in [-0.1, -0.05) is 20.3 Å². The van der Waals surface area contributed by atoms with Crippen LogP contribution in [0, 0.1) is 0 Å². The highest BCUT2D eigenvalue weighted by atomic mass is 16.5. The molecule has 0 unspecified atom stereocenters. The topological polar surface area (TPSA) is 68.5 Å². The van der Waals surface area contributed by atoms with E-state index in [0.717, 1.165) is 30.2 Å². The molecule has 2 rings (SSSR count). The molecule has 1 amide bonds. The third-order valence-electron chi connectivity index (χ3n) is 3.71. The Morgan fingerprint density at radius 1 is 1.30 bits per heavy atom. The van der Waals surface area contributed by atoms with E-state index in [4.69, 9.17) is 9.15 Å². The van der Waals surface area contributed by atoms with E-state index >= 15 is 0 Å². The summed E-state index contributed by atoms with van der Waals surface area (Å²) >= 11 is 0. The van der Waals surface area contributed by atoms with Crippen LogP contribution in [0.3, 0.4) is 0 Å². The largest absolute Gasteiger partial charge is 0.484 e. The molecule has 5 heteroatoms. The molecule has 23 heavy (non-hydrogen) atoms. The molecular weight excluding hydrogens is 294 g/mol. The maximum atomic E-state index is 11.7. The maximum absolute atomic E-state index is 11.7. The van der Waals surface area contributed by atoms with E-state index in [1.54, 1.807) is 12.1 Å². The maximum Gasteiger partial charge on any atom is 0.336 e. The predicted molar refractivity (Wildman–Crippen MR) is 89.9 cm³/mol. The predicted octanol–water partition coefficient (Wildman–Crippen LogP) is 3.04. The molecule has 5 nitrogen and oxygen atoms in total. The summed E-state index contributed by atoms with van der Waals surface area (Å²) < 4.78 is 10.7. The fourth-order valence-corrected chi connectivity index (χ4v) is 2.34. The molecule has 0 radical (unpaired) electrons. The fourth-order valence-electron chi connectivity index (χ4n) is 2.34. The van der Waals surface area contributed by atoms with Gasteiger partial charge in [-0.15, -0.1) is 0 Å². The third kappa shape index (κ3) is 4.58. The quantitative estimate of drug-likeness (QED) is 0.797. The summed E-state index contributed by atoms with van der Waals surface area (Å²) in [5.74, 6) is 0.342. The molecule has 0 bridgehead atoms. The van der Waals surface area contributed by atoms with Crippen LogP contribution in [-0.4, -0.2) is 18.6 Å². The third-order valence-corrected chi connectivity index (χ3v) is 3.71. The van der Waals surface area contributed by atoms with Crippen molar-refractivity contribution in [3.63, 3.8) is 0 Å². The lowest BCUT2D eigenvalue weighted by molar-refractivity contribution is -0.123. The summed E-state index contributed by atoms with van der Waals surface area (Å²) in [5, 5.41) is 3.74. The number of hydrogen-bond donors (Lipinski definition) is 1. The van der Waals surface area contributed by atoms with Gasteiger partial charge in [0.1, 0.15) is 11.3 Å². The number of hydrogen-bond acceptors (Lipinski definition) is 4. The van der Waals surface area contributed by atoms with Crippen LogP contribution < -0.4 is 15.7 Å². The molecule has 0 aliphatic carbocycles. The molecule has 0 fully saturated rings. The van der Waals surface area contributed by atoms with Gasteiger partial charge in [0.05, 0.1) is 0 Å². The van der Waals surface area contributed by atoms with Crippen molar-refractivity contribution in [2.24, 2.45) is 0 Å². The van der Waals surface area contributed by atoms with Gasteiger partial charge >= 0.3 is 5.63 Å². The highest BCUT2D eigenvalue weighted by Crippen LogP contribution is 2.23. The van der Waals surface area contributed by atoms with Crippen LogP contribution in [0.5, 0.6) is 5.75 Å². The lowest BCUT2D eigenvalue weighted by Crippen LogP contribution is -2.35. The van der Waals surface area contributed by atoms with Crippen molar-refractivity contribution in [2.75, 3.05) is 6.61 Å². The summed E-state index contributed by atoms with van der Waals surface area (Å²) in [5.41, 5.74) is 1.09. The summed E-state index contributed by atoms with van der Waals surface area (Å²) in [6, 6.07) is 6.97. The summed E-state index contributed by atoms with van der Waals surface area (Å²) in [6.07, 6.45) is 2.64. The number of carbonyl (C=O) groups excluding carboxylic acids is 1. The second kappa shape index (κ2) is 7.81. The molecule has 124 valence electrons. The van der Waals surface area contributed by atoms with E-state index in [2.05, 4.69) is 12.2 Å². The van der Waals surface area contributed by atoms with Crippen LogP contribution >= 0.6 is 0 Å². The first-order chi connectivity index (χ1) is 11.0. The number of benzene rings is 1. The summed E-state index contributed by atoms with van der Waals surface area (Å²) in [4.78, 5) is 23.4. The molecule has 0 aliphatic heterocycles. The Bertz CT molecular complexity index is 735. The van der Waals surface area contributed by atoms with E-state index in [-0.39, 0.29) is 24.2 Å². The first kappa shape index (κ1) is 17.1. The molecule has 0 saturated heterocycles. The molecule has 1 heterocycles. The van der Waals surface area contributed by atoms with Gasteiger partial charge in [-0.05, 0) is 37.5 Å². The van der Waals surface area contributed by atoms with Gasteiger partial charge in [0.2, 0.25) is 0 Å². The van der Waals surface area contributed by atoms with Crippen molar-refractivity contribution >= 4 is 16.9 Å². The molecule has 1 N–H and O–H groups in total. The van der Waals surface area contributed by atoms with Gasteiger partial charge in [0.15, 0.2) is 6.61 Å². The van der Waals surface area contributed by atoms with Gasteiger partial charge in [-0.25, -0.2) is 4.79 Å². The monoisotopic (exact) mass is 317 g/mol. The SMILES string of the molecule is CCCc1cc(=O)oc2cc(OCC(=O)N[C@@H](C)CC)ccc12. The number of fused-ring (bicyclic) bond motifs is 1. The molecule has 1 aromatic carbocycles. The fraction of sp³-hybridized carbons (Fsp3) is 0.444. The molecule has 1 aromatic heterocycles. The minimum atomic E-state index is -0.368. The Balaban J connectivity index is 2.14. The Hall–Kier alpha value is -2.30. The molecular formula is C18H23NO4. The van der Waals surface area contributed by atoms with E-state index in [9.17, 15) is 9.59 Å². The van der Waals surface area contributed by atoms with Gasteiger partial charge in [0, 0.05) is 23.6 Å². The van der Waals surface area contributed by atoms with Crippen molar-refractivity contribution in [1.29, 1.82) is 0 Å². The Morgan fingerprint density at radius 2 is 2.09 bits per heavy atom. The Morgan fingerprint density at radius 3 is 2.78 bits per heavy atom. The molecule has 1 atom stereocenters. The van der Waals surface area contributed by atoms with E-state index < -0.39 is 0 Å². The standard InChI is InChI=1S/C18H23NO4/c1-4-6-13-9-18(21)23-16-10-14(7-8-15(13)16)22-11-17(20)19-12(3)5-2/h7-10,12H,4-6,11H2,1-3H3,(H,19,20)/t12-/m0/s1. The van der Waals surface area contributed by atoms with Crippen molar-refractivity contribution in [1.82, 2.24) is 5.32 Å². The highest BCUT2D eigenvalue weighted by Gasteiger charge is 2.09. The lowest BCUT2D eigenvalue weighted by atomic mass is 10.1. The summed E-state index contributed by atoms with van der Waals surface area (Å²) in [6.45, 7) is 5.95. The minimum absolute atomic E-state index is 0.0608. The van der Waals surface area contributed by atoms with Crippen molar-refractivity contribution in [3.05, 3.63) is 40.2 Å². The van der Waals surface area contributed by atoms with E-state index in [1.807, 2.05) is 19.9 Å². The van der Waals surface area contributed by atoms with E-state index in [1.165, 1.54) is 6.07 Å².